The Labute approximate surface area is 185 Å². The zero-order chi connectivity index (χ0) is 22.3. The minimum Gasteiger partial charge on any atom is -0.493 e. The minimum atomic E-state index is -0.593. The topological polar surface area (TPSA) is 72.7 Å². The third-order valence-corrected chi connectivity index (χ3v) is 5.95. The minimum absolute atomic E-state index is 0.0217. The van der Waals surface area contributed by atoms with Crippen LogP contribution in [0.15, 0.2) is 42.5 Å². The van der Waals surface area contributed by atoms with Crippen LogP contribution in [0.2, 0.25) is 0 Å². The number of nitrogens with one attached hydrogen (secondary N) is 1. The highest BCUT2D eigenvalue weighted by atomic mass is 16.6. The normalized spacial score (nSPS) is 17.0. The summed E-state index contributed by atoms with van der Waals surface area (Å²) in [5.41, 5.74) is 0.369. The van der Waals surface area contributed by atoms with E-state index in [1.165, 1.54) is 0 Å². The molecule has 0 radical (unpaired) electrons. The van der Waals surface area contributed by atoms with E-state index in [1.54, 1.807) is 14.2 Å². The van der Waals surface area contributed by atoms with Crippen LogP contribution in [0.3, 0.4) is 0 Å². The predicted octanol–water partition coefficient (Wildman–Crippen LogP) is 4.33. The molecule has 3 rings (SSSR count). The molecule has 0 fully saturated rings. The Morgan fingerprint density at radius 2 is 1.87 bits per heavy atom. The summed E-state index contributed by atoms with van der Waals surface area (Å²) in [5, 5.41) is 13.6. The summed E-state index contributed by atoms with van der Waals surface area (Å²) in [5.74, 6) is 3.05. The Hall–Kier alpha value is -2.91. The molecule has 31 heavy (non-hydrogen) atoms. The van der Waals surface area contributed by atoms with Gasteiger partial charge in [0.15, 0.2) is 23.0 Å². The van der Waals surface area contributed by atoms with Crippen molar-refractivity contribution in [3.8, 4) is 29.1 Å². The molecule has 0 saturated carbocycles. The van der Waals surface area contributed by atoms with Crippen molar-refractivity contribution in [3.63, 3.8) is 0 Å². The summed E-state index contributed by atoms with van der Waals surface area (Å²) in [6, 6.07) is 16.1. The van der Waals surface area contributed by atoms with Gasteiger partial charge in [0, 0.05) is 6.54 Å². The first-order chi connectivity index (χ1) is 15.0. The molecule has 0 amide bonds. The number of para-hydroxylation sites is 2. The molecule has 6 heteroatoms. The van der Waals surface area contributed by atoms with Gasteiger partial charge in [-0.1, -0.05) is 32.0 Å². The maximum absolute atomic E-state index is 10.2. The number of nitriles is 1. The molecule has 1 heterocycles. The van der Waals surface area contributed by atoms with Gasteiger partial charge in [-0.15, -0.1) is 0 Å². The number of methoxy groups -OCH3 is 2. The molecule has 1 aliphatic heterocycles. The number of rotatable bonds is 10. The molecule has 0 aliphatic carbocycles. The molecular formula is C25H32N2O4. The average Bonchev–Trinajstić information content (AvgIpc) is 2.80. The van der Waals surface area contributed by atoms with E-state index < -0.39 is 5.41 Å². The molecule has 1 aliphatic rings. The fourth-order valence-corrected chi connectivity index (χ4v) is 4.05. The van der Waals surface area contributed by atoms with E-state index >= 15 is 0 Å². The molecule has 2 aromatic carbocycles. The van der Waals surface area contributed by atoms with Crippen LogP contribution in [0.4, 0.5) is 0 Å². The maximum atomic E-state index is 10.2. The van der Waals surface area contributed by atoms with Crippen LogP contribution in [0.5, 0.6) is 23.0 Å². The van der Waals surface area contributed by atoms with E-state index in [0.29, 0.717) is 24.7 Å². The monoisotopic (exact) mass is 424 g/mol. The van der Waals surface area contributed by atoms with Crippen LogP contribution < -0.4 is 24.3 Å². The highest BCUT2D eigenvalue weighted by molar-refractivity contribution is 5.47. The summed E-state index contributed by atoms with van der Waals surface area (Å²) < 4.78 is 22.6. The van der Waals surface area contributed by atoms with Crippen molar-refractivity contribution in [1.29, 1.82) is 5.26 Å². The molecule has 2 aromatic rings. The number of nitrogens with zero attached hydrogens (tertiary/aromatic N) is 1. The van der Waals surface area contributed by atoms with E-state index in [1.807, 2.05) is 42.5 Å². The summed E-state index contributed by atoms with van der Waals surface area (Å²) >= 11 is 0. The second-order valence-electron chi connectivity index (χ2n) is 8.11. The van der Waals surface area contributed by atoms with E-state index in [0.717, 1.165) is 36.4 Å². The van der Waals surface area contributed by atoms with Crippen molar-refractivity contribution < 1.29 is 18.9 Å². The van der Waals surface area contributed by atoms with Gasteiger partial charge in [0.1, 0.15) is 12.7 Å². The van der Waals surface area contributed by atoms with Gasteiger partial charge in [-0.05, 0) is 55.1 Å². The lowest BCUT2D eigenvalue weighted by atomic mass is 9.70. The first-order valence-corrected chi connectivity index (χ1v) is 10.8. The van der Waals surface area contributed by atoms with Crippen molar-refractivity contribution in [2.45, 2.75) is 38.2 Å². The Morgan fingerprint density at radius 1 is 1.13 bits per heavy atom. The largest absolute Gasteiger partial charge is 0.493 e. The Balaban J connectivity index is 1.57. The third-order valence-electron chi connectivity index (χ3n) is 5.95. The Morgan fingerprint density at radius 3 is 2.55 bits per heavy atom. The molecule has 6 nitrogen and oxygen atoms in total. The van der Waals surface area contributed by atoms with Gasteiger partial charge >= 0.3 is 0 Å². The van der Waals surface area contributed by atoms with Crippen molar-refractivity contribution >= 4 is 0 Å². The fraction of sp³-hybridized carbons (Fsp3) is 0.480. The molecule has 166 valence electrons. The molecule has 0 saturated heterocycles. The second kappa shape index (κ2) is 10.4. The number of ether oxygens (including phenoxy) is 4. The fourth-order valence-electron chi connectivity index (χ4n) is 4.05. The standard InChI is InChI=1S/C25H32N2O4/c1-18(2)25(17-26,19-10-11-21(28-3)24(14-19)29-4)12-7-13-27-15-20-16-30-22-8-5-6-9-23(22)31-20/h5-6,8-11,14,18,20,27H,7,12-13,15-16H2,1-4H3/t20-,25+/m1/s1. The quantitative estimate of drug-likeness (QED) is 0.573. The van der Waals surface area contributed by atoms with Crippen molar-refractivity contribution in [3.05, 3.63) is 48.0 Å². The van der Waals surface area contributed by atoms with Crippen molar-refractivity contribution in [2.24, 2.45) is 5.92 Å². The lowest BCUT2D eigenvalue weighted by Crippen LogP contribution is -2.39. The van der Waals surface area contributed by atoms with Gasteiger partial charge in [0.2, 0.25) is 0 Å². The molecule has 2 atom stereocenters. The Bertz CT molecular complexity index is 909. The van der Waals surface area contributed by atoms with Crippen LogP contribution in [-0.2, 0) is 5.41 Å². The summed E-state index contributed by atoms with van der Waals surface area (Å²) in [6.45, 7) is 6.22. The van der Waals surface area contributed by atoms with Gasteiger partial charge in [0.05, 0.1) is 25.7 Å². The lowest BCUT2D eigenvalue weighted by Gasteiger charge is -2.32. The van der Waals surface area contributed by atoms with Crippen LogP contribution in [0.1, 0.15) is 32.3 Å². The second-order valence-corrected chi connectivity index (χ2v) is 8.11. The lowest BCUT2D eigenvalue weighted by molar-refractivity contribution is 0.0904. The van der Waals surface area contributed by atoms with E-state index in [2.05, 4.69) is 25.2 Å². The first-order valence-electron chi connectivity index (χ1n) is 10.8. The van der Waals surface area contributed by atoms with Gasteiger partial charge in [0.25, 0.3) is 0 Å². The zero-order valence-corrected chi connectivity index (χ0v) is 18.8. The SMILES string of the molecule is COc1ccc([C@](C#N)(CCCNC[C@@H]2COc3ccccc3O2)C(C)C)cc1OC. The van der Waals surface area contributed by atoms with Crippen LogP contribution >= 0.6 is 0 Å². The number of hydrogen-bond acceptors (Lipinski definition) is 6. The molecule has 0 spiro atoms. The number of benzene rings is 2. The highest BCUT2D eigenvalue weighted by Gasteiger charge is 2.36. The summed E-state index contributed by atoms with van der Waals surface area (Å²) in [6.07, 6.45) is 1.59. The third kappa shape index (κ3) is 5.05. The van der Waals surface area contributed by atoms with Gasteiger partial charge in [-0.3, -0.25) is 0 Å². The van der Waals surface area contributed by atoms with E-state index in [9.17, 15) is 5.26 Å². The van der Waals surface area contributed by atoms with Crippen LogP contribution in [0, 0.1) is 17.2 Å². The van der Waals surface area contributed by atoms with Gasteiger partial charge in [-0.25, -0.2) is 0 Å². The summed E-state index contributed by atoms with van der Waals surface area (Å²) in [7, 11) is 3.23. The molecule has 0 unspecified atom stereocenters. The van der Waals surface area contributed by atoms with Gasteiger partial charge in [-0.2, -0.15) is 5.26 Å². The zero-order valence-electron chi connectivity index (χ0n) is 18.8. The highest BCUT2D eigenvalue weighted by Crippen LogP contribution is 2.40. The predicted molar refractivity (Wildman–Crippen MR) is 120 cm³/mol. The van der Waals surface area contributed by atoms with Crippen LogP contribution in [-0.4, -0.2) is 40.0 Å². The molecular weight excluding hydrogens is 392 g/mol. The number of fused-ring (bicyclic) bond motifs is 1. The number of hydrogen-bond donors (Lipinski definition) is 1. The maximum Gasteiger partial charge on any atom is 0.161 e. The first kappa shape index (κ1) is 22.8. The smallest absolute Gasteiger partial charge is 0.161 e. The molecule has 0 aromatic heterocycles. The Kier molecular flexibility index (Phi) is 7.64. The molecule has 0 bridgehead atoms. The average molecular weight is 425 g/mol. The molecule has 1 N–H and O–H groups in total. The van der Waals surface area contributed by atoms with Crippen molar-refractivity contribution in [2.75, 3.05) is 33.9 Å². The van der Waals surface area contributed by atoms with E-state index in [4.69, 9.17) is 18.9 Å². The summed E-state index contributed by atoms with van der Waals surface area (Å²) in [4.78, 5) is 0. The van der Waals surface area contributed by atoms with Crippen LogP contribution in [0.25, 0.3) is 0 Å². The van der Waals surface area contributed by atoms with E-state index in [-0.39, 0.29) is 12.0 Å². The van der Waals surface area contributed by atoms with Gasteiger partial charge < -0.3 is 24.3 Å². The van der Waals surface area contributed by atoms with Crippen molar-refractivity contribution in [1.82, 2.24) is 5.32 Å².